The van der Waals surface area contributed by atoms with Crippen molar-refractivity contribution in [2.75, 3.05) is 0 Å². The predicted molar refractivity (Wildman–Crippen MR) is 105 cm³/mol. The molecule has 1 heterocycles. The monoisotopic (exact) mass is 373 g/mol. The van der Waals surface area contributed by atoms with E-state index in [0.717, 1.165) is 10.4 Å². The van der Waals surface area contributed by atoms with Crippen LogP contribution in [-0.2, 0) is 20.7 Å². The Bertz CT molecular complexity index is 705. The number of ether oxygens (including phenoxy) is 1. The summed E-state index contributed by atoms with van der Waals surface area (Å²) in [6.07, 6.45) is 0.556. The number of esters is 1. The maximum Gasteiger partial charge on any atom is 0.308 e. The van der Waals surface area contributed by atoms with Crippen LogP contribution in [0, 0.1) is 5.41 Å². The third-order valence-corrected chi connectivity index (χ3v) is 5.12. The van der Waals surface area contributed by atoms with E-state index in [1.54, 1.807) is 0 Å². The summed E-state index contributed by atoms with van der Waals surface area (Å²) < 4.78 is 5.84. The molecular weight excluding hydrogens is 346 g/mol. The Balaban J connectivity index is 2.06. The highest BCUT2D eigenvalue weighted by atomic mass is 32.1. The molecule has 1 amide bonds. The van der Waals surface area contributed by atoms with Crippen molar-refractivity contribution >= 4 is 23.2 Å². The second kappa shape index (κ2) is 8.99. The zero-order valence-corrected chi connectivity index (χ0v) is 16.6. The van der Waals surface area contributed by atoms with Crippen molar-refractivity contribution in [3.8, 4) is 0 Å². The minimum absolute atomic E-state index is 0.126. The molecule has 0 spiro atoms. The molecule has 2 atom stereocenters. The van der Waals surface area contributed by atoms with Crippen molar-refractivity contribution < 1.29 is 14.3 Å². The van der Waals surface area contributed by atoms with Gasteiger partial charge >= 0.3 is 5.97 Å². The highest BCUT2D eigenvalue weighted by molar-refractivity contribution is 7.10. The summed E-state index contributed by atoms with van der Waals surface area (Å²) in [6, 6.07) is 13.5. The predicted octanol–water partition coefficient (Wildman–Crippen LogP) is 4.52. The average Bonchev–Trinajstić information content (AvgIpc) is 3.08. The standard InChI is InChI=1S/C21H27NO3S/c1-15(23)22-17(18-11-8-12-26-18)14-20(24)25-19(21(2,3)4)13-16-9-6-5-7-10-16/h5-12,17,19H,13-14H2,1-4H3,(H,22,23)/t17-,19-/m0/s1. The van der Waals surface area contributed by atoms with Gasteiger partial charge in [0.15, 0.2) is 0 Å². The van der Waals surface area contributed by atoms with E-state index >= 15 is 0 Å². The molecule has 0 saturated carbocycles. The molecule has 4 nitrogen and oxygen atoms in total. The SMILES string of the molecule is CC(=O)N[C@@H](CC(=O)O[C@@H](Cc1ccccc1)C(C)(C)C)c1cccs1. The van der Waals surface area contributed by atoms with Crippen LogP contribution in [0.4, 0.5) is 0 Å². The lowest BCUT2D eigenvalue weighted by Gasteiger charge is -2.31. The van der Waals surface area contributed by atoms with Crippen LogP contribution in [0.1, 0.15) is 50.6 Å². The summed E-state index contributed by atoms with van der Waals surface area (Å²) in [5, 5.41) is 4.78. The maximum absolute atomic E-state index is 12.6. The Morgan fingerprint density at radius 1 is 1.12 bits per heavy atom. The van der Waals surface area contributed by atoms with Gasteiger partial charge < -0.3 is 10.1 Å². The summed E-state index contributed by atoms with van der Waals surface area (Å²) in [6.45, 7) is 7.66. The first-order chi connectivity index (χ1) is 12.3. The van der Waals surface area contributed by atoms with Crippen molar-refractivity contribution in [1.82, 2.24) is 5.32 Å². The normalized spacial score (nSPS) is 13.7. The Hall–Kier alpha value is -2.14. The Morgan fingerprint density at radius 2 is 1.81 bits per heavy atom. The fourth-order valence-corrected chi connectivity index (χ4v) is 3.46. The summed E-state index contributed by atoms with van der Waals surface area (Å²) >= 11 is 1.52. The van der Waals surface area contributed by atoms with Gasteiger partial charge in [-0.2, -0.15) is 0 Å². The molecule has 0 aliphatic carbocycles. The van der Waals surface area contributed by atoms with Crippen LogP contribution in [0.15, 0.2) is 47.8 Å². The number of carbonyl (C=O) groups excluding carboxylic acids is 2. The van der Waals surface area contributed by atoms with Gasteiger partial charge in [-0.3, -0.25) is 9.59 Å². The van der Waals surface area contributed by atoms with Crippen LogP contribution in [0.2, 0.25) is 0 Å². The van der Waals surface area contributed by atoms with Crippen molar-refractivity contribution in [2.45, 2.75) is 52.7 Å². The molecule has 0 radical (unpaired) electrons. The van der Waals surface area contributed by atoms with Crippen LogP contribution in [0.25, 0.3) is 0 Å². The molecule has 1 aromatic heterocycles. The maximum atomic E-state index is 12.6. The van der Waals surface area contributed by atoms with Gasteiger partial charge in [0.25, 0.3) is 0 Å². The lowest BCUT2D eigenvalue weighted by atomic mass is 9.85. The first-order valence-corrected chi connectivity index (χ1v) is 9.67. The van der Waals surface area contributed by atoms with E-state index < -0.39 is 0 Å². The van der Waals surface area contributed by atoms with Crippen molar-refractivity contribution in [3.05, 3.63) is 58.3 Å². The molecule has 1 aromatic carbocycles. The molecule has 2 rings (SSSR count). The van der Waals surface area contributed by atoms with Crippen molar-refractivity contribution in [3.63, 3.8) is 0 Å². The summed E-state index contributed by atoms with van der Waals surface area (Å²) in [7, 11) is 0. The number of carbonyl (C=O) groups is 2. The number of nitrogens with one attached hydrogen (secondary N) is 1. The second-order valence-electron chi connectivity index (χ2n) is 7.51. The topological polar surface area (TPSA) is 55.4 Å². The van der Waals surface area contributed by atoms with Gasteiger partial charge in [-0.25, -0.2) is 0 Å². The van der Waals surface area contributed by atoms with Gasteiger partial charge in [-0.1, -0.05) is 57.2 Å². The van der Waals surface area contributed by atoms with Gasteiger partial charge in [0, 0.05) is 18.2 Å². The van der Waals surface area contributed by atoms with E-state index in [1.165, 1.54) is 18.3 Å². The number of rotatable bonds is 7. The number of thiophene rings is 1. The Labute approximate surface area is 159 Å². The minimum atomic E-state index is -0.350. The number of benzene rings is 1. The third kappa shape index (κ3) is 6.30. The van der Waals surface area contributed by atoms with Crippen LogP contribution in [0.5, 0.6) is 0 Å². The molecular formula is C21H27NO3S. The quantitative estimate of drug-likeness (QED) is 0.726. The molecule has 0 saturated heterocycles. The molecule has 0 aliphatic heterocycles. The highest BCUT2D eigenvalue weighted by Gasteiger charge is 2.30. The first kappa shape index (κ1) is 20.2. The second-order valence-corrected chi connectivity index (χ2v) is 8.49. The van der Waals surface area contributed by atoms with E-state index in [2.05, 4.69) is 26.1 Å². The van der Waals surface area contributed by atoms with E-state index in [1.807, 2.05) is 47.8 Å². The van der Waals surface area contributed by atoms with Gasteiger partial charge in [0.05, 0.1) is 12.5 Å². The Kier molecular flexibility index (Phi) is 6.98. The zero-order valence-electron chi connectivity index (χ0n) is 15.8. The fourth-order valence-electron chi connectivity index (χ4n) is 2.68. The molecule has 0 fully saturated rings. The Morgan fingerprint density at radius 3 is 2.35 bits per heavy atom. The van der Waals surface area contributed by atoms with Gasteiger partial charge in [0.1, 0.15) is 6.10 Å². The average molecular weight is 374 g/mol. The molecule has 0 aliphatic rings. The third-order valence-electron chi connectivity index (χ3n) is 4.14. The van der Waals surface area contributed by atoms with Crippen LogP contribution in [-0.4, -0.2) is 18.0 Å². The lowest BCUT2D eigenvalue weighted by molar-refractivity contribution is -0.155. The van der Waals surface area contributed by atoms with E-state index in [9.17, 15) is 9.59 Å². The molecule has 5 heteroatoms. The smallest absolute Gasteiger partial charge is 0.308 e. The summed E-state index contributed by atoms with van der Waals surface area (Å²) in [5.41, 5.74) is 0.953. The van der Waals surface area contributed by atoms with Crippen LogP contribution < -0.4 is 5.32 Å². The van der Waals surface area contributed by atoms with Crippen LogP contribution in [0.3, 0.4) is 0 Å². The molecule has 26 heavy (non-hydrogen) atoms. The molecule has 1 N–H and O–H groups in total. The fraction of sp³-hybridized carbons (Fsp3) is 0.429. The summed E-state index contributed by atoms with van der Waals surface area (Å²) in [5.74, 6) is -0.458. The number of hydrogen-bond donors (Lipinski definition) is 1. The molecule has 0 bridgehead atoms. The van der Waals surface area contributed by atoms with Gasteiger partial charge in [-0.15, -0.1) is 11.3 Å². The minimum Gasteiger partial charge on any atom is -0.461 e. The van der Waals surface area contributed by atoms with Crippen molar-refractivity contribution in [2.24, 2.45) is 5.41 Å². The van der Waals surface area contributed by atoms with E-state index in [-0.39, 0.29) is 35.9 Å². The van der Waals surface area contributed by atoms with Crippen LogP contribution >= 0.6 is 11.3 Å². The molecule has 2 aromatic rings. The molecule has 0 unspecified atom stereocenters. The largest absolute Gasteiger partial charge is 0.461 e. The highest BCUT2D eigenvalue weighted by Crippen LogP contribution is 2.28. The first-order valence-electron chi connectivity index (χ1n) is 8.79. The summed E-state index contributed by atoms with van der Waals surface area (Å²) in [4.78, 5) is 25.1. The van der Waals surface area contributed by atoms with Gasteiger partial charge in [0.2, 0.25) is 5.91 Å². The number of amides is 1. The van der Waals surface area contributed by atoms with Crippen molar-refractivity contribution in [1.29, 1.82) is 0 Å². The van der Waals surface area contributed by atoms with E-state index in [0.29, 0.717) is 6.42 Å². The zero-order chi connectivity index (χ0) is 19.2. The lowest BCUT2D eigenvalue weighted by Crippen LogP contribution is -2.35. The molecule has 140 valence electrons. The number of hydrogen-bond acceptors (Lipinski definition) is 4. The van der Waals surface area contributed by atoms with E-state index in [4.69, 9.17) is 4.74 Å². The van der Waals surface area contributed by atoms with Gasteiger partial charge in [-0.05, 0) is 22.4 Å².